The molecule has 0 fully saturated rings. The molecule has 0 saturated heterocycles. The van der Waals surface area contributed by atoms with Crippen molar-refractivity contribution in [2.45, 2.75) is 30.6 Å². The molecule has 0 saturated carbocycles. The fraction of sp³-hybridized carbons (Fsp3) is 1.00. The molecule has 0 rings (SSSR count). The lowest BCUT2D eigenvalue weighted by molar-refractivity contribution is -0.0610. The van der Waals surface area contributed by atoms with Crippen molar-refractivity contribution in [1.29, 1.82) is 0 Å². The lowest BCUT2D eigenvalue weighted by atomic mass is 10.2. The van der Waals surface area contributed by atoms with E-state index in [2.05, 4.69) is 43.4 Å². The van der Waals surface area contributed by atoms with Gasteiger partial charge in [0.2, 0.25) is 0 Å². The Bertz CT molecular complexity index is 98.3. The molecule has 0 amide bonds. The highest BCUT2D eigenvalue weighted by Gasteiger charge is 2.16. The Labute approximate surface area is 77.1 Å². The lowest BCUT2D eigenvalue weighted by Crippen LogP contribution is -2.32. The van der Waals surface area contributed by atoms with Gasteiger partial charge in [-0.2, -0.15) is 0 Å². The molecular formula is C7H16INO. The van der Waals surface area contributed by atoms with Crippen molar-refractivity contribution in [2.75, 3.05) is 14.1 Å². The quantitative estimate of drug-likeness (QED) is 0.325. The molecule has 0 aliphatic rings. The third-order valence-corrected chi connectivity index (χ3v) is 2.23. The fourth-order valence-electron chi connectivity index (χ4n) is 0.397. The third kappa shape index (κ3) is 5.44. The minimum absolute atomic E-state index is 0.0455. The molecule has 3 heteroatoms. The number of nitrogens with zero attached hydrogens (tertiary/aromatic N) is 1. The molecule has 0 aromatic carbocycles. The summed E-state index contributed by atoms with van der Waals surface area (Å²) < 4.78 is 5.78. The minimum atomic E-state index is -0.0455. The van der Waals surface area contributed by atoms with Crippen LogP contribution in [0.3, 0.4) is 0 Å². The van der Waals surface area contributed by atoms with Gasteiger partial charge >= 0.3 is 0 Å². The Balaban J connectivity index is 3.68. The first-order valence-corrected chi connectivity index (χ1v) is 4.56. The summed E-state index contributed by atoms with van der Waals surface area (Å²) in [6.07, 6.45) is 0. The first-order chi connectivity index (χ1) is 4.33. The molecule has 0 aliphatic heterocycles. The van der Waals surface area contributed by atoms with Gasteiger partial charge in [-0.3, -0.25) is 4.90 Å². The zero-order valence-corrected chi connectivity index (χ0v) is 9.47. The van der Waals surface area contributed by atoms with Gasteiger partial charge in [-0.25, -0.2) is 0 Å². The van der Waals surface area contributed by atoms with Gasteiger partial charge in [0, 0.05) is 0 Å². The molecule has 2 nitrogen and oxygen atoms in total. The molecule has 0 heterocycles. The van der Waals surface area contributed by atoms with E-state index in [-0.39, 0.29) is 9.84 Å². The molecular weight excluding hydrogens is 241 g/mol. The largest absolute Gasteiger partial charge is 0.348 e. The summed E-state index contributed by atoms with van der Waals surface area (Å²) in [5.41, 5.74) is -0.0455. The van der Waals surface area contributed by atoms with Crippen LogP contribution in [-0.2, 0) is 4.74 Å². The molecule has 0 bridgehead atoms. The summed E-state index contributed by atoms with van der Waals surface area (Å²) >= 11 is 2.26. The molecule has 62 valence electrons. The summed E-state index contributed by atoms with van der Waals surface area (Å²) in [5, 5.41) is 0. The van der Waals surface area contributed by atoms with E-state index in [9.17, 15) is 0 Å². The Morgan fingerprint density at radius 3 is 1.80 bits per heavy atom. The predicted molar refractivity (Wildman–Crippen MR) is 52.3 cm³/mol. The number of alkyl halides is 1. The average molecular weight is 257 g/mol. The highest BCUT2D eigenvalue weighted by atomic mass is 127. The van der Waals surface area contributed by atoms with Gasteiger partial charge in [0.15, 0.2) is 4.23 Å². The molecule has 10 heavy (non-hydrogen) atoms. The molecule has 0 N–H and O–H groups in total. The van der Waals surface area contributed by atoms with Crippen molar-refractivity contribution in [2.24, 2.45) is 0 Å². The zero-order valence-electron chi connectivity index (χ0n) is 7.31. The van der Waals surface area contributed by atoms with Crippen molar-refractivity contribution < 1.29 is 4.74 Å². The van der Waals surface area contributed by atoms with Crippen molar-refractivity contribution in [1.82, 2.24) is 4.90 Å². The highest BCUT2D eigenvalue weighted by Crippen LogP contribution is 2.16. The average Bonchev–Trinajstić information content (AvgIpc) is 1.60. The van der Waals surface area contributed by atoms with Gasteiger partial charge in [0.1, 0.15) is 0 Å². The Kier molecular flexibility index (Phi) is 4.13. The molecule has 0 aliphatic carbocycles. The van der Waals surface area contributed by atoms with Crippen LogP contribution in [0.5, 0.6) is 0 Å². The van der Waals surface area contributed by atoms with Crippen LogP contribution in [0.2, 0.25) is 0 Å². The first-order valence-electron chi connectivity index (χ1n) is 3.31. The monoisotopic (exact) mass is 257 g/mol. The van der Waals surface area contributed by atoms with Crippen LogP contribution >= 0.6 is 22.6 Å². The summed E-state index contributed by atoms with van der Waals surface area (Å²) in [7, 11) is 4.01. The smallest absolute Gasteiger partial charge is 0.163 e. The number of hydrogen-bond donors (Lipinski definition) is 0. The minimum Gasteiger partial charge on any atom is -0.348 e. The van der Waals surface area contributed by atoms with Crippen LogP contribution in [0.25, 0.3) is 0 Å². The van der Waals surface area contributed by atoms with E-state index in [1.165, 1.54) is 0 Å². The topological polar surface area (TPSA) is 12.5 Å². The SMILES string of the molecule is CN(C)[C@H](I)OC(C)(C)C. The maximum atomic E-state index is 5.61. The summed E-state index contributed by atoms with van der Waals surface area (Å²) in [6.45, 7) is 6.17. The van der Waals surface area contributed by atoms with Gasteiger partial charge in [-0.15, -0.1) is 0 Å². The van der Waals surface area contributed by atoms with E-state index in [0.29, 0.717) is 0 Å². The fourth-order valence-corrected chi connectivity index (χ4v) is 1.16. The van der Waals surface area contributed by atoms with E-state index in [4.69, 9.17) is 4.74 Å². The molecule has 1 atom stereocenters. The standard InChI is InChI=1S/C7H16INO/c1-7(2,3)10-6(8)9(4)5/h6H,1-5H3/t6-/m0/s1. The van der Waals surface area contributed by atoms with Crippen LogP contribution in [0.4, 0.5) is 0 Å². The second-order valence-electron chi connectivity index (χ2n) is 3.49. The molecule has 0 aromatic rings. The number of halogens is 1. The normalized spacial score (nSPS) is 15.9. The molecule has 0 aromatic heterocycles. The summed E-state index contributed by atoms with van der Waals surface area (Å²) in [6, 6.07) is 0. The zero-order chi connectivity index (χ0) is 8.36. The van der Waals surface area contributed by atoms with E-state index < -0.39 is 0 Å². The third-order valence-electron chi connectivity index (χ3n) is 0.857. The molecule has 0 spiro atoms. The summed E-state index contributed by atoms with van der Waals surface area (Å²) in [4.78, 5) is 2.03. The van der Waals surface area contributed by atoms with Gasteiger partial charge in [0.25, 0.3) is 0 Å². The lowest BCUT2D eigenvalue weighted by Gasteiger charge is -2.27. The van der Waals surface area contributed by atoms with Gasteiger partial charge in [-0.1, -0.05) is 0 Å². The maximum Gasteiger partial charge on any atom is 0.163 e. The first kappa shape index (κ1) is 10.7. The second-order valence-corrected chi connectivity index (χ2v) is 4.55. The number of ether oxygens (including phenoxy) is 1. The highest BCUT2D eigenvalue weighted by molar-refractivity contribution is 14.1. The summed E-state index contributed by atoms with van der Waals surface area (Å²) in [5.74, 6) is 0. The van der Waals surface area contributed by atoms with Gasteiger partial charge in [-0.05, 0) is 57.5 Å². The van der Waals surface area contributed by atoms with Crippen LogP contribution in [-0.4, -0.2) is 28.8 Å². The van der Waals surface area contributed by atoms with Crippen LogP contribution in [0.1, 0.15) is 20.8 Å². The number of rotatable bonds is 2. The van der Waals surface area contributed by atoms with Crippen molar-refractivity contribution in [3.63, 3.8) is 0 Å². The predicted octanol–water partition coefficient (Wildman–Crippen LogP) is 2.08. The Hall–Kier alpha value is 0.650. The second kappa shape index (κ2) is 3.88. The Morgan fingerprint density at radius 2 is 1.70 bits per heavy atom. The van der Waals surface area contributed by atoms with Crippen LogP contribution in [0, 0.1) is 0 Å². The molecule has 0 radical (unpaired) electrons. The van der Waals surface area contributed by atoms with E-state index in [1.807, 2.05) is 19.0 Å². The van der Waals surface area contributed by atoms with Crippen LogP contribution < -0.4 is 0 Å². The van der Waals surface area contributed by atoms with Crippen LogP contribution in [0.15, 0.2) is 0 Å². The molecule has 0 unspecified atom stereocenters. The maximum absolute atomic E-state index is 5.61. The van der Waals surface area contributed by atoms with Gasteiger partial charge < -0.3 is 4.74 Å². The van der Waals surface area contributed by atoms with E-state index >= 15 is 0 Å². The van der Waals surface area contributed by atoms with Crippen molar-refractivity contribution in [3.05, 3.63) is 0 Å². The van der Waals surface area contributed by atoms with E-state index in [0.717, 1.165) is 0 Å². The van der Waals surface area contributed by atoms with Crippen molar-refractivity contribution in [3.8, 4) is 0 Å². The van der Waals surface area contributed by atoms with Gasteiger partial charge in [0.05, 0.1) is 5.60 Å². The Morgan fingerprint density at radius 1 is 1.30 bits per heavy atom. The van der Waals surface area contributed by atoms with Crippen molar-refractivity contribution >= 4 is 22.6 Å². The van der Waals surface area contributed by atoms with E-state index in [1.54, 1.807) is 0 Å². The number of hydrogen-bond acceptors (Lipinski definition) is 2.